The third kappa shape index (κ3) is 5.18. The average molecular weight is 411 g/mol. The number of hydrogen-bond acceptors (Lipinski definition) is 3. The van der Waals surface area contributed by atoms with Crippen LogP contribution in [0.3, 0.4) is 0 Å². The number of carbonyl (C=O) groups is 1. The minimum absolute atomic E-state index is 0.00994. The quantitative estimate of drug-likeness (QED) is 0.658. The SMILES string of the molecule is CCO[C@H]1C[C@H](N(C(=O)C(F)(F)F)[C@H](C)c2ccccc2)C=C(C(F)(F)F)O1. The number of halogens is 6. The Labute approximate surface area is 157 Å². The van der Waals surface area contributed by atoms with Crippen molar-refractivity contribution in [2.75, 3.05) is 6.61 Å². The van der Waals surface area contributed by atoms with Crippen LogP contribution in [0.15, 0.2) is 42.2 Å². The topological polar surface area (TPSA) is 38.8 Å². The minimum atomic E-state index is -5.26. The molecule has 0 spiro atoms. The first-order valence-electron chi connectivity index (χ1n) is 8.46. The lowest BCUT2D eigenvalue weighted by Gasteiger charge is -2.40. The molecule has 1 amide bonds. The van der Waals surface area contributed by atoms with Crippen LogP contribution in [0.1, 0.15) is 31.9 Å². The Morgan fingerprint density at radius 2 is 1.82 bits per heavy atom. The molecule has 0 aromatic heterocycles. The Kier molecular flexibility index (Phi) is 6.63. The van der Waals surface area contributed by atoms with Gasteiger partial charge in [-0.1, -0.05) is 30.3 Å². The first kappa shape index (κ1) is 22.1. The summed E-state index contributed by atoms with van der Waals surface area (Å²) in [6.45, 7) is 2.82. The predicted molar refractivity (Wildman–Crippen MR) is 86.8 cm³/mol. The molecule has 156 valence electrons. The van der Waals surface area contributed by atoms with Gasteiger partial charge in [0.2, 0.25) is 12.0 Å². The number of hydrogen-bond donors (Lipinski definition) is 0. The molecule has 0 N–H and O–H groups in total. The Morgan fingerprint density at radius 1 is 1.21 bits per heavy atom. The summed E-state index contributed by atoms with van der Waals surface area (Å²) in [7, 11) is 0. The molecule has 0 saturated heterocycles. The van der Waals surface area contributed by atoms with Crippen molar-refractivity contribution in [1.29, 1.82) is 0 Å². The molecule has 1 aliphatic rings. The molecule has 1 aromatic rings. The van der Waals surface area contributed by atoms with Crippen molar-refractivity contribution >= 4 is 5.91 Å². The van der Waals surface area contributed by atoms with Crippen molar-refractivity contribution in [3.63, 3.8) is 0 Å². The van der Waals surface area contributed by atoms with Crippen LogP contribution < -0.4 is 0 Å². The second kappa shape index (κ2) is 8.42. The molecule has 3 atom stereocenters. The zero-order chi connectivity index (χ0) is 21.1. The van der Waals surface area contributed by atoms with Gasteiger partial charge in [-0.3, -0.25) is 4.79 Å². The van der Waals surface area contributed by atoms with Gasteiger partial charge in [0.15, 0.2) is 0 Å². The van der Waals surface area contributed by atoms with Gasteiger partial charge in [-0.25, -0.2) is 0 Å². The van der Waals surface area contributed by atoms with Gasteiger partial charge in [0.25, 0.3) is 0 Å². The lowest BCUT2D eigenvalue weighted by Crippen LogP contribution is -2.50. The summed E-state index contributed by atoms with van der Waals surface area (Å²) in [4.78, 5) is 12.5. The van der Waals surface area contributed by atoms with Crippen LogP contribution in [0.4, 0.5) is 26.3 Å². The van der Waals surface area contributed by atoms with Gasteiger partial charge in [0, 0.05) is 13.0 Å². The largest absolute Gasteiger partial charge is 0.471 e. The second-order valence-corrected chi connectivity index (χ2v) is 6.13. The average Bonchev–Trinajstić information content (AvgIpc) is 2.61. The summed E-state index contributed by atoms with van der Waals surface area (Å²) in [5.74, 6) is -3.72. The summed E-state index contributed by atoms with van der Waals surface area (Å²) in [5, 5.41) is 0. The number of alkyl halides is 6. The van der Waals surface area contributed by atoms with Crippen LogP contribution in [0.25, 0.3) is 0 Å². The maximum absolute atomic E-state index is 13.2. The van der Waals surface area contributed by atoms with Gasteiger partial charge >= 0.3 is 18.3 Å². The number of ether oxygens (including phenoxy) is 2. The van der Waals surface area contributed by atoms with E-state index in [1.54, 1.807) is 18.2 Å². The van der Waals surface area contributed by atoms with Crippen molar-refractivity contribution in [2.45, 2.75) is 51.0 Å². The Balaban J connectivity index is 2.49. The zero-order valence-corrected chi connectivity index (χ0v) is 15.1. The van der Waals surface area contributed by atoms with E-state index in [2.05, 4.69) is 0 Å². The fraction of sp³-hybridized carbons (Fsp3) is 0.500. The summed E-state index contributed by atoms with van der Waals surface area (Å²) < 4.78 is 88.9. The number of amides is 1. The fourth-order valence-corrected chi connectivity index (χ4v) is 2.96. The van der Waals surface area contributed by atoms with Crippen LogP contribution in [0.5, 0.6) is 0 Å². The summed E-state index contributed by atoms with van der Waals surface area (Å²) in [5.41, 5.74) is 0.349. The van der Waals surface area contributed by atoms with Crippen LogP contribution >= 0.6 is 0 Å². The molecule has 1 heterocycles. The standard InChI is InChI=1S/C18H19F6NO3/c1-3-27-15-10-13(9-14(28-15)17(19,20)21)25(16(26)18(22,23)24)11(2)12-7-5-4-6-8-12/h4-9,11,13,15H,3,10H2,1-2H3/t11-,13-,15-/m1/s1. The first-order chi connectivity index (χ1) is 12.9. The van der Waals surface area contributed by atoms with Gasteiger partial charge in [-0.05, 0) is 25.5 Å². The molecule has 10 heteroatoms. The number of allylic oxidation sites excluding steroid dienone is 1. The maximum Gasteiger partial charge on any atom is 0.471 e. The van der Waals surface area contributed by atoms with Crippen molar-refractivity contribution in [3.8, 4) is 0 Å². The number of rotatable bonds is 5. The van der Waals surface area contributed by atoms with E-state index in [0.717, 1.165) is 0 Å². The normalized spacial score (nSPS) is 21.5. The molecule has 0 saturated carbocycles. The third-order valence-corrected chi connectivity index (χ3v) is 4.20. The highest BCUT2D eigenvalue weighted by Crippen LogP contribution is 2.37. The first-order valence-corrected chi connectivity index (χ1v) is 8.46. The van der Waals surface area contributed by atoms with E-state index in [1.165, 1.54) is 26.0 Å². The van der Waals surface area contributed by atoms with Gasteiger partial charge in [-0.15, -0.1) is 0 Å². The van der Waals surface area contributed by atoms with Crippen LogP contribution in [-0.4, -0.2) is 42.1 Å². The van der Waals surface area contributed by atoms with Crippen molar-refractivity contribution in [3.05, 3.63) is 47.7 Å². The monoisotopic (exact) mass is 411 g/mol. The Hall–Kier alpha value is -2.23. The lowest BCUT2D eigenvalue weighted by molar-refractivity contribution is -0.207. The molecule has 0 fully saturated rings. The molecular formula is C18H19F6NO3. The smallest absolute Gasteiger partial charge is 0.460 e. The highest BCUT2D eigenvalue weighted by atomic mass is 19.4. The van der Waals surface area contributed by atoms with Gasteiger partial charge in [0.05, 0.1) is 12.1 Å². The molecule has 28 heavy (non-hydrogen) atoms. The number of nitrogens with zero attached hydrogens (tertiary/aromatic N) is 1. The van der Waals surface area contributed by atoms with Crippen molar-refractivity contribution in [1.82, 2.24) is 4.90 Å². The Morgan fingerprint density at radius 3 is 2.32 bits per heavy atom. The van der Waals surface area contributed by atoms with E-state index >= 15 is 0 Å². The maximum atomic E-state index is 13.2. The molecule has 0 bridgehead atoms. The number of carbonyl (C=O) groups excluding carboxylic acids is 1. The summed E-state index contributed by atoms with van der Waals surface area (Å²) >= 11 is 0. The van der Waals surface area contributed by atoms with E-state index in [9.17, 15) is 31.1 Å². The van der Waals surface area contributed by atoms with Gasteiger partial charge in [0.1, 0.15) is 0 Å². The van der Waals surface area contributed by atoms with E-state index in [4.69, 9.17) is 9.47 Å². The van der Waals surface area contributed by atoms with E-state index in [0.29, 0.717) is 16.5 Å². The Bertz CT molecular complexity index is 702. The van der Waals surface area contributed by atoms with E-state index < -0.39 is 42.4 Å². The molecule has 4 nitrogen and oxygen atoms in total. The molecular weight excluding hydrogens is 392 g/mol. The summed E-state index contributed by atoms with van der Waals surface area (Å²) in [6, 6.07) is 5.09. The minimum Gasteiger partial charge on any atom is -0.460 e. The molecule has 1 aliphatic heterocycles. The number of benzene rings is 1. The van der Waals surface area contributed by atoms with Crippen LogP contribution in [0, 0.1) is 0 Å². The lowest BCUT2D eigenvalue weighted by atomic mass is 10.0. The highest BCUT2D eigenvalue weighted by molar-refractivity contribution is 5.83. The van der Waals surface area contributed by atoms with E-state index in [-0.39, 0.29) is 13.0 Å². The second-order valence-electron chi connectivity index (χ2n) is 6.13. The van der Waals surface area contributed by atoms with Gasteiger partial charge in [-0.2, -0.15) is 26.3 Å². The van der Waals surface area contributed by atoms with E-state index in [1.807, 2.05) is 0 Å². The molecule has 0 aliphatic carbocycles. The van der Waals surface area contributed by atoms with Crippen LogP contribution in [-0.2, 0) is 14.3 Å². The molecule has 0 radical (unpaired) electrons. The zero-order valence-electron chi connectivity index (χ0n) is 15.1. The van der Waals surface area contributed by atoms with Crippen LogP contribution in [0.2, 0.25) is 0 Å². The highest BCUT2D eigenvalue weighted by Gasteiger charge is 2.49. The predicted octanol–water partition coefficient (Wildman–Crippen LogP) is 4.74. The molecule has 1 aromatic carbocycles. The van der Waals surface area contributed by atoms with Crippen molar-refractivity contribution in [2.24, 2.45) is 0 Å². The molecule has 0 unspecified atom stereocenters. The van der Waals surface area contributed by atoms with Gasteiger partial charge < -0.3 is 14.4 Å². The molecule has 2 rings (SSSR count). The third-order valence-electron chi connectivity index (χ3n) is 4.20. The summed E-state index contributed by atoms with van der Waals surface area (Å²) in [6.07, 6.45) is -11.5. The van der Waals surface area contributed by atoms with Crippen molar-refractivity contribution < 1.29 is 40.6 Å². The fourth-order valence-electron chi connectivity index (χ4n) is 2.96.